The summed E-state index contributed by atoms with van der Waals surface area (Å²) in [5.41, 5.74) is 2.25. The molecule has 176 valence electrons. The number of carbonyl (C=O) groups excluding carboxylic acids is 1. The Balaban J connectivity index is 1.46. The van der Waals surface area contributed by atoms with E-state index >= 15 is 0 Å². The van der Waals surface area contributed by atoms with Gasteiger partial charge in [-0.05, 0) is 57.2 Å². The highest BCUT2D eigenvalue weighted by Gasteiger charge is 2.23. The first-order valence-corrected chi connectivity index (χ1v) is 13.2. The van der Waals surface area contributed by atoms with Crippen LogP contribution in [0.25, 0.3) is 11.5 Å². The number of sulfone groups is 1. The average Bonchev–Trinajstić information content (AvgIpc) is 3.04. The third-order valence-corrected chi connectivity index (χ3v) is 7.23. The predicted octanol–water partition coefficient (Wildman–Crippen LogP) is 3.36. The van der Waals surface area contributed by atoms with Gasteiger partial charge in [-0.25, -0.2) is 13.4 Å². The molecule has 0 saturated carbocycles. The smallest absolute Gasteiger partial charge is 0.235 e. The Morgan fingerprint density at radius 3 is 2.47 bits per heavy atom. The molecule has 1 aromatic carbocycles. The van der Waals surface area contributed by atoms with E-state index < -0.39 is 21.5 Å². The van der Waals surface area contributed by atoms with E-state index in [9.17, 15) is 13.2 Å². The van der Waals surface area contributed by atoms with Crippen LogP contribution in [0.4, 0.5) is 0 Å². The number of oxazole rings is 1. The number of hydrogen-bond donors (Lipinski definition) is 1. The quantitative estimate of drug-likeness (QED) is 0.576. The van der Waals surface area contributed by atoms with Crippen LogP contribution in [0, 0.1) is 25.7 Å². The Bertz CT molecular complexity index is 1000. The van der Waals surface area contributed by atoms with Gasteiger partial charge in [0.1, 0.15) is 11.5 Å². The lowest BCUT2D eigenvalue weighted by Gasteiger charge is -2.34. The highest BCUT2D eigenvalue weighted by molar-refractivity contribution is 7.91. The summed E-state index contributed by atoms with van der Waals surface area (Å²) in [7, 11) is -3.65. The van der Waals surface area contributed by atoms with E-state index in [4.69, 9.17) is 4.42 Å². The number of carbonyl (C=O) groups is 1. The molecule has 1 saturated heterocycles. The standard InChI is InChI=1S/C24H35N3O4S/c1-17-6-8-21(9-7-17)24-26-22(20(4)31-24)15-32(29,30)16-23(28)25-10-5-11-27-13-18(2)12-19(3)14-27/h6-9,18-19H,5,10-16H2,1-4H3,(H,25,28). The van der Waals surface area contributed by atoms with Crippen LogP contribution in [-0.2, 0) is 20.4 Å². The monoisotopic (exact) mass is 461 g/mol. The highest BCUT2D eigenvalue weighted by Crippen LogP contribution is 2.23. The maximum absolute atomic E-state index is 12.6. The number of rotatable bonds is 9. The number of amides is 1. The van der Waals surface area contributed by atoms with Gasteiger partial charge in [-0.3, -0.25) is 4.79 Å². The fourth-order valence-corrected chi connectivity index (χ4v) is 5.68. The lowest BCUT2D eigenvalue weighted by Crippen LogP contribution is -2.40. The Hall–Kier alpha value is -2.19. The zero-order valence-corrected chi connectivity index (χ0v) is 20.4. The van der Waals surface area contributed by atoms with E-state index in [-0.39, 0.29) is 5.75 Å². The van der Waals surface area contributed by atoms with Gasteiger partial charge < -0.3 is 14.6 Å². The molecule has 2 unspecified atom stereocenters. The first kappa shape index (κ1) is 24.5. The van der Waals surface area contributed by atoms with Crippen molar-refractivity contribution in [2.45, 2.75) is 46.3 Å². The van der Waals surface area contributed by atoms with Crippen molar-refractivity contribution < 1.29 is 17.6 Å². The van der Waals surface area contributed by atoms with Gasteiger partial charge in [0.2, 0.25) is 11.8 Å². The van der Waals surface area contributed by atoms with Crippen LogP contribution >= 0.6 is 0 Å². The lowest BCUT2D eigenvalue weighted by atomic mass is 9.92. The molecule has 2 aromatic rings. The molecule has 8 heteroatoms. The van der Waals surface area contributed by atoms with E-state index in [1.165, 1.54) is 6.42 Å². The molecule has 1 fully saturated rings. The van der Waals surface area contributed by atoms with Crippen molar-refractivity contribution >= 4 is 15.7 Å². The van der Waals surface area contributed by atoms with Crippen LogP contribution in [-0.4, -0.2) is 56.1 Å². The van der Waals surface area contributed by atoms with Gasteiger partial charge >= 0.3 is 0 Å². The Kier molecular flexibility index (Phi) is 8.11. The summed E-state index contributed by atoms with van der Waals surface area (Å²) in [6.45, 7) is 11.8. The van der Waals surface area contributed by atoms with Crippen molar-refractivity contribution in [1.82, 2.24) is 15.2 Å². The molecule has 0 bridgehead atoms. The molecule has 3 rings (SSSR count). The molecule has 0 aliphatic carbocycles. The van der Waals surface area contributed by atoms with Crippen molar-refractivity contribution in [3.8, 4) is 11.5 Å². The largest absolute Gasteiger partial charge is 0.441 e. The molecule has 0 spiro atoms. The molecule has 32 heavy (non-hydrogen) atoms. The van der Waals surface area contributed by atoms with Crippen molar-refractivity contribution in [1.29, 1.82) is 0 Å². The number of likely N-dealkylation sites (tertiary alicyclic amines) is 1. The summed E-state index contributed by atoms with van der Waals surface area (Å²) in [5.74, 6) is 0.913. The maximum atomic E-state index is 12.6. The highest BCUT2D eigenvalue weighted by atomic mass is 32.2. The van der Waals surface area contributed by atoms with E-state index in [1.54, 1.807) is 6.92 Å². The van der Waals surface area contributed by atoms with E-state index in [0.29, 0.717) is 35.7 Å². The molecular formula is C24H35N3O4S. The van der Waals surface area contributed by atoms with Gasteiger partial charge in [-0.15, -0.1) is 0 Å². The second-order valence-corrected chi connectivity index (χ2v) is 11.4. The first-order valence-electron chi connectivity index (χ1n) is 11.3. The van der Waals surface area contributed by atoms with Crippen molar-refractivity contribution in [2.75, 3.05) is 31.9 Å². The zero-order chi connectivity index (χ0) is 23.3. The molecule has 7 nitrogen and oxygen atoms in total. The SMILES string of the molecule is Cc1ccc(-c2nc(CS(=O)(=O)CC(=O)NCCCN3CC(C)CC(C)C3)c(C)o2)cc1. The summed E-state index contributed by atoms with van der Waals surface area (Å²) < 4.78 is 30.8. The average molecular weight is 462 g/mol. The van der Waals surface area contributed by atoms with Crippen LogP contribution in [0.15, 0.2) is 28.7 Å². The van der Waals surface area contributed by atoms with E-state index in [2.05, 4.69) is 29.0 Å². The summed E-state index contributed by atoms with van der Waals surface area (Å²) in [6, 6.07) is 7.67. The normalized spacial score (nSPS) is 19.8. The van der Waals surface area contributed by atoms with Gasteiger partial charge in [-0.1, -0.05) is 31.5 Å². The first-order chi connectivity index (χ1) is 15.1. The molecule has 2 atom stereocenters. The minimum atomic E-state index is -3.65. The number of aromatic nitrogens is 1. The summed E-state index contributed by atoms with van der Waals surface area (Å²) >= 11 is 0. The second kappa shape index (κ2) is 10.6. The van der Waals surface area contributed by atoms with Crippen molar-refractivity contribution in [3.63, 3.8) is 0 Å². The third-order valence-electron chi connectivity index (χ3n) is 5.82. The van der Waals surface area contributed by atoms with Gasteiger partial charge in [0, 0.05) is 25.2 Å². The maximum Gasteiger partial charge on any atom is 0.235 e. The number of aryl methyl sites for hydroxylation is 2. The molecule has 1 aliphatic heterocycles. The van der Waals surface area contributed by atoms with Gasteiger partial charge in [0.25, 0.3) is 0 Å². The molecule has 1 aliphatic rings. The summed E-state index contributed by atoms with van der Waals surface area (Å²) in [5, 5.41) is 2.75. The zero-order valence-electron chi connectivity index (χ0n) is 19.6. The minimum absolute atomic E-state index is 0.314. The molecule has 2 heterocycles. The lowest BCUT2D eigenvalue weighted by molar-refractivity contribution is -0.118. The van der Waals surface area contributed by atoms with Crippen LogP contribution in [0.3, 0.4) is 0 Å². The number of hydrogen-bond acceptors (Lipinski definition) is 6. The number of nitrogens with one attached hydrogen (secondary N) is 1. The van der Waals surface area contributed by atoms with E-state index in [0.717, 1.165) is 37.2 Å². The summed E-state index contributed by atoms with van der Waals surface area (Å²) in [6.07, 6.45) is 2.08. The Morgan fingerprint density at radius 1 is 1.16 bits per heavy atom. The van der Waals surface area contributed by atoms with Crippen LogP contribution in [0.5, 0.6) is 0 Å². The topological polar surface area (TPSA) is 92.5 Å². The summed E-state index contributed by atoms with van der Waals surface area (Å²) in [4.78, 5) is 19.0. The molecule has 1 amide bonds. The van der Waals surface area contributed by atoms with E-state index in [1.807, 2.05) is 31.2 Å². The second-order valence-electron chi connectivity index (χ2n) is 9.33. The number of benzene rings is 1. The molecular weight excluding hydrogens is 426 g/mol. The Labute approximate surface area is 191 Å². The van der Waals surface area contributed by atoms with Crippen LogP contribution in [0.1, 0.15) is 43.7 Å². The number of nitrogens with zero attached hydrogens (tertiary/aromatic N) is 2. The fraction of sp³-hybridized carbons (Fsp3) is 0.583. The van der Waals surface area contributed by atoms with Crippen LogP contribution in [0.2, 0.25) is 0 Å². The van der Waals surface area contributed by atoms with Gasteiger partial charge in [-0.2, -0.15) is 0 Å². The fourth-order valence-electron chi connectivity index (χ4n) is 4.40. The molecule has 0 radical (unpaired) electrons. The number of piperidine rings is 1. The predicted molar refractivity (Wildman–Crippen MR) is 126 cm³/mol. The Morgan fingerprint density at radius 2 is 1.81 bits per heavy atom. The van der Waals surface area contributed by atoms with Gasteiger partial charge in [0.05, 0.1) is 11.4 Å². The minimum Gasteiger partial charge on any atom is -0.441 e. The van der Waals surface area contributed by atoms with Crippen molar-refractivity contribution in [2.24, 2.45) is 11.8 Å². The molecule has 1 aromatic heterocycles. The van der Waals surface area contributed by atoms with Crippen LogP contribution < -0.4 is 5.32 Å². The third kappa shape index (κ3) is 7.17. The van der Waals surface area contributed by atoms with Crippen molar-refractivity contribution in [3.05, 3.63) is 41.3 Å². The molecule has 1 N–H and O–H groups in total. The van der Waals surface area contributed by atoms with Gasteiger partial charge in [0.15, 0.2) is 9.84 Å².